The molecule has 4 rings (SSSR count). The van der Waals surface area contributed by atoms with Gasteiger partial charge in [0, 0.05) is 22.8 Å². The quantitative estimate of drug-likeness (QED) is 0.503. The van der Waals surface area contributed by atoms with Gasteiger partial charge in [0.2, 0.25) is 5.95 Å². The Morgan fingerprint density at radius 2 is 1.76 bits per heavy atom. The number of halogens is 2. The number of benzene rings is 2. The van der Waals surface area contributed by atoms with E-state index in [1.54, 1.807) is 30.5 Å². The highest BCUT2D eigenvalue weighted by molar-refractivity contribution is 6.39. The lowest BCUT2D eigenvalue weighted by atomic mass is 10.1. The van der Waals surface area contributed by atoms with Crippen molar-refractivity contribution in [2.45, 2.75) is 6.92 Å². The van der Waals surface area contributed by atoms with Crippen LogP contribution >= 0.6 is 23.2 Å². The van der Waals surface area contributed by atoms with E-state index in [0.29, 0.717) is 38.2 Å². The molecule has 8 heteroatoms. The summed E-state index contributed by atoms with van der Waals surface area (Å²) < 4.78 is 1.10. The van der Waals surface area contributed by atoms with Gasteiger partial charge in [0.1, 0.15) is 7.11 Å². The lowest BCUT2D eigenvalue weighted by Gasteiger charge is -2.13. The van der Waals surface area contributed by atoms with Crippen molar-refractivity contribution in [2.24, 2.45) is 0 Å². The number of aryl methyl sites for hydroxylation is 1. The fourth-order valence-electron chi connectivity index (χ4n) is 3.00. The van der Waals surface area contributed by atoms with Crippen LogP contribution in [0.3, 0.4) is 0 Å². The van der Waals surface area contributed by atoms with Crippen LogP contribution in [0.25, 0.3) is 22.2 Å². The maximum absolute atomic E-state index is 13.1. The van der Waals surface area contributed by atoms with E-state index in [1.807, 2.05) is 31.2 Å². The first-order valence-electron chi connectivity index (χ1n) is 8.73. The first-order chi connectivity index (χ1) is 14.0. The van der Waals surface area contributed by atoms with Crippen LogP contribution in [0.4, 0.5) is 11.6 Å². The molecule has 146 valence electrons. The number of rotatable bonds is 4. The molecule has 0 radical (unpaired) electrons. The second-order valence-electron chi connectivity index (χ2n) is 6.40. The van der Waals surface area contributed by atoms with Crippen molar-refractivity contribution in [3.8, 4) is 11.1 Å². The van der Waals surface area contributed by atoms with Gasteiger partial charge in [-0.05, 0) is 37.3 Å². The van der Waals surface area contributed by atoms with Gasteiger partial charge in [0.05, 0.1) is 15.6 Å². The summed E-state index contributed by atoms with van der Waals surface area (Å²) in [5, 5.41) is 4.47. The minimum Gasteiger partial charge on any atom is -0.412 e. The highest BCUT2D eigenvalue weighted by Crippen LogP contribution is 2.33. The maximum atomic E-state index is 13.1. The molecule has 0 saturated heterocycles. The predicted molar refractivity (Wildman–Crippen MR) is 116 cm³/mol. The van der Waals surface area contributed by atoms with Crippen molar-refractivity contribution in [2.75, 3.05) is 12.4 Å². The zero-order chi connectivity index (χ0) is 20.5. The molecule has 0 unspecified atom stereocenters. The van der Waals surface area contributed by atoms with Gasteiger partial charge < -0.3 is 10.2 Å². The minimum absolute atomic E-state index is 0.304. The average molecular weight is 427 g/mol. The lowest BCUT2D eigenvalue weighted by Crippen LogP contribution is -2.27. The monoisotopic (exact) mass is 426 g/mol. The normalized spacial score (nSPS) is 10.9. The van der Waals surface area contributed by atoms with Gasteiger partial charge >= 0.3 is 0 Å². The molecule has 0 amide bonds. The number of hydrogen-bond donors (Lipinski definition) is 1. The number of nitrogens with one attached hydrogen (secondary N) is 1. The predicted octanol–water partition coefficient (Wildman–Crippen LogP) is 4.88. The molecule has 0 aliphatic rings. The van der Waals surface area contributed by atoms with E-state index >= 15 is 0 Å². The molecule has 0 atom stereocenters. The van der Waals surface area contributed by atoms with Crippen molar-refractivity contribution in [1.82, 2.24) is 14.7 Å². The van der Waals surface area contributed by atoms with Gasteiger partial charge in [-0.1, -0.05) is 47.0 Å². The summed E-state index contributed by atoms with van der Waals surface area (Å²) in [5.41, 5.74) is 2.63. The molecule has 29 heavy (non-hydrogen) atoms. The summed E-state index contributed by atoms with van der Waals surface area (Å²) in [6.07, 6.45) is 1.61. The van der Waals surface area contributed by atoms with Gasteiger partial charge in [-0.15, -0.1) is 4.73 Å². The van der Waals surface area contributed by atoms with Crippen LogP contribution in [-0.2, 0) is 0 Å². The number of pyridine rings is 1. The lowest BCUT2D eigenvalue weighted by molar-refractivity contribution is 0.168. The molecule has 0 aliphatic carbocycles. The van der Waals surface area contributed by atoms with Crippen molar-refractivity contribution in [3.05, 3.63) is 80.7 Å². The van der Waals surface area contributed by atoms with Crippen LogP contribution < -0.4 is 15.7 Å². The topological polar surface area (TPSA) is 69.0 Å². The van der Waals surface area contributed by atoms with Crippen LogP contribution in [0.5, 0.6) is 0 Å². The molecule has 0 bridgehead atoms. The smallest absolute Gasteiger partial charge is 0.293 e. The molecular weight excluding hydrogens is 411 g/mol. The van der Waals surface area contributed by atoms with E-state index < -0.39 is 5.56 Å². The first-order valence-corrected chi connectivity index (χ1v) is 9.49. The van der Waals surface area contributed by atoms with Gasteiger partial charge in [-0.2, -0.15) is 4.98 Å². The van der Waals surface area contributed by atoms with E-state index in [0.717, 1.165) is 16.0 Å². The summed E-state index contributed by atoms with van der Waals surface area (Å²) in [6, 6.07) is 14.5. The van der Waals surface area contributed by atoms with Gasteiger partial charge in [-0.3, -0.25) is 4.79 Å². The van der Waals surface area contributed by atoms with E-state index in [1.165, 1.54) is 7.11 Å². The SMILES string of the molecule is COn1c(=O)c(-c2c(Cl)cccc2Cl)cc2cnc(Nc3ccc(C)cc3)nc21. The van der Waals surface area contributed by atoms with Gasteiger partial charge in [-0.25, -0.2) is 4.98 Å². The van der Waals surface area contributed by atoms with Crippen LogP contribution in [0.15, 0.2) is 59.5 Å². The van der Waals surface area contributed by atoms with Gasteiger partial charge in [0.15, 0.2) is 5.65 Å². The Hall–Kier alpha value is -3.09. The molecule has 0 fully saturated rings. The summed E-state index contributed by atoms with van der Waals surface area (Å²) in [4.78, 5) is 27.2. The van der Waals surface area contributed by atoms with Crippen LogP contribution in [0, 0.1) is 6.92 Å². The number of fused-ring (bicyclic) bond motifs is 1. The number of nitrogens with zero attached hydrogens (tertiary/aromatic N) is 3. The molecular formula is C21H16Cl2N4O2. The number of anilines is 2. The van der Waals surface area contributed by atoms with E-state index in [-0.39, 0.29) is 0 Å². The third-order valence-corrected chi connectivity index (χ3v) is 5.06. The van der Waals surface area contributed by atoms with Gasteiger partial charge in [0.25, 0.3) is 5.56 Å². The average Bonchev–Trinajstić information content (AvgIpc) is 2.70. The second kappa shape index (κ2) is 7.73. The molecule has 2 aromatic carbocycles. The number of aromatic nitrogens is 3. The van der Waals surface area contributed by atoms with E-state index in [9.17, 15) is 4.79 Å². The molecule has 1 N–H and O–H groups in total. The molecule has 2 aromatic heterocycles. The fraction of sp³-hybridized carbons (Fsp3) is 0.0952. The Morgan fingerprint density at radius 3 is 2.41 bits per heavy atom. The highest BCUT2D eigenvalue weighted by atomic mass is 35.5. The van der Waals surface area contributed by atoms with E-state index in [4.69, 9.17) is 28.0 Å². The Bertz CT molecular complexity index is 1250. The first kappa shape index (κ1) is 19.2. The van der Waals surface area contributed by atoms with Crippen molar-refractivity contribution in [3.63, 3.8) is 0 Å². The van der Waals surface area contributed by atoms with Crippen molar-refractivity contribution in [1.29, 1.82) is 0 Å². The highest BCUT2D eigenvalue weighted by Gasteiger charge is 2.18. The Balaban J connectivity index is 1.86. The molecule has 6 nitrogen and oxygen atoms in total. The van der Waals surface area contributed by atoms with Crippen LogP contribution in [0.1, 0.15) is 5.56 Å². The molecule has 0 saturated carbocycles. The van der Waals surface area contributed by atoms with Crippen LogP contribution in [-0.4, -0.2) is 21.8 Å². The van der Waals surface area contributed by atoms with Crippen molar-refractivity contribution >= 4 is 45.9 Å². The zero-order valence-electron chi connectivity index (χ0n) is 15.6. The zero-order valence-corrected chi connectivity index (χ0v) is 17.1. The standard InChI is InChI=1S/C21H16Cl2N4O2/c1-12-6-8-14(9-7-12)25-21-24-11-13-10-15(18-16(22)4-3-5-17(18)23)20(28)27(29-2)19(13)26-21/h3-11H,1-2H3,(H,24,25,26). The summed E-state index contributed by atoms with van der Waals surface area (Å²) in [6.45, 7) is 2.01. The Kier molecular flexibility index (Phi) is 5.13. The Labute approximate surface area is 176 Å². The third kappa shape index (κ3) is 3.64. The largest absolute Gasteiger partial charge is 0.412 e. The van der Waals surface area contributed by atoms with Crippen LogP contribution in [0.2, 0.25) is 10.0 Å². The van der Waals surface area contributed by atoms with Crippen molar-refractivity contribution < 1.29 is 4.84 Å². The summed E-state index contributed by atoms with van der Waals surface area (Å²) in [5.74, 6) is 0.343. The molecule has 0 aliphatic heterocycles. The molecule has 4 aromatic rings. The second-order valence-corrected chi connectivity index (χ2v) is 7.21. The van der Waals surface area contributed by atoms with E-state index in [2.05, 4.69) is 15.3 Å². The Morgan fingerprint density at radius 1 is 1.07 bits per heavy atom. The fourth-order valence-corrected chi connectivity index (χ4v) is 3.60. The molecule has 2 heterocycles. The summed E-state index contributed by atoms with van der Waals surface area (Å²) in [7, 11) is 1.40. The summed E-state index contributed by atoms with van der Waals surface area (Å²) >= 11 is 12.6. The maximum Gasteiger partial charge on any atom is 0.293 e. The number of hydrogen-bond acceptors (Lipinski definition) is 5. The molecule has 0 spiro atoms. The third-order valence-electron chi connectivity index (χ3n) is 4.43. The minimum atomic E-state index is -0.421.